The molecule has 1 aromatic heterocycles. The average molecular weight is 537 g/mol. The second-order valence-electron chi connectivity index (χ2n) is 9.27. The number of aromatic nitrogens is 2. The maximum atomic E-state index is 15.4. The van der Waals surface area contributed by atoms with E-state index in [2.05, 4.69) is 10.4 Å². The highest BCUT2D eigenvalue weighted by Crippen LogP contribution is 2.37. The van der Waals surface area contributed by atoms with Crippen LogP contribution in [0.1, 0.15) is 23.3 Å². The largest absolute Gasteiger partial charge is 0.364 e. The van der Waals surface area contributed by atoms with Gasteiger partial charge in [-0.05, 0) is 31.0 Å². The Morgan fingerprint density at radius 2 is 1.66 bits per heavy atom. The van der Waals surface area contributed by atoms with Crippen LogP contribution in [0.2, 0.25) is 5.02 Å². The first-order valence-electron chi connectivity index (χ1n) is 12.0. The number of para-hydroxylation sites is 1. The van der Waals surface area contributed by atoms with Crippen LogP contribution in [-0.4, -0.2) is 33.5 Å². The van der Waals surface area contributed by atoms with Gasteiger partial charge in [-0.2, -0.15) is 5.10 Å². The lowest BCUT2D eigenvalue weighted by Gasteiger charge is -2.19. The summed E-state index contributed by atoms with van der Waals surface area (Å²) in [7, 11) is 0. The van der Waals surface area contributed by atoms with Crippen molar-refractivity contribution in [1.82, 2.24) is 9.78 Å². The van der Waals surface area contributed by atoms with E-state index in [0.29, 0.717) is 21.5 Å². The first-order chi connectivity index (χ1) is 18.2. The lowest BCUT2D eigenvalue weighted by atomic mass is 9.91. The summed E-state index contributed by atoms with van der Waals surface area (Å²) in [6, 6.07) is 18.0. The highest BCUT2D eigenvalue weighted by atomic mass is 35.5. The third kappa shape index (κ3) is 4.77. The molecule has 0 spiro atoms. The molecule has 10 heteroatoms. The molecule has 0 radical (unpaired) electrons. The van der Waals surface area contributed by atoms with Gasteiger partial charge in [0, 0.05) is 27.5 Å². The van der Waals surface area contributed by atoms with Gasteiger partial charge in [0.2, 0.25) is 5.91 Å². The molecule has 38 heavy (non-hydrogen) atoms. The minimum Gasteiger partial charge on any atom is -0.364 e. The zero-order chi connectivity index (χ0) is 27.0. The molecule has 3 N–H and O–H groups in total. The van der Waals surface area contributed by atoms with E-state index in [-0.39, 0.29) is 36.3 Å². The minimum atomic E-state index is -1.37. The van der Waals surface area contributed by atoms with Crippen LogP contribution >= 0.6 is 11.6 Å². The molecule has 2 amide bonds. The summed E-state index contributed by atoms with van der Waals surface area (Å²) in [4.78, 5) is 38.3. The number of alkyl halides is 1. The van der Waals surface area contributed by atoms with Crippen LogP contribution in [0.15, 0.2) is 66.7 Å². The maximum absolute atomic E-state index is 15.4. The van der Waals surface area contributed by atoms with Gasteiger partial charge in [-0.15, -0.1) is 0 Å². The molecule has 0 saturated heterocycles. The van der Waals surface area contributed by atoms with E-state index in [1.54, 1.807) is 60.7 Å². The highest BCUT2D eigenvalue weighted by Gasteiger charge is 2.43. The van der Waals surface area contributed by atoms with Gasteiger partial charge >= 0.3 is 0 Å². The van der Waals surface area contributed by atoms with Gasteiger partial charge in [-0.1, -0.05) is 60.1 Å². The fraction of sp³-hybridized carbons (Fsp3) is 0.214. The number of benzene rings is 3. The molecule has 0 unspecified atom stereocenters. The van der Waals surface area contributed by atoms with E-state index in [4.69, 9.17) is 17.3 Å². The standard InChI is InChI=1S/C28H23ClF2N4O3/c29-21-9-3-1-6-16(21)17-8-5-10-22(25(17)31)33-28(38)20-13-15(30)12-19(20)24(36)14-35-23-11-4-2-7-18(23)26(34-35)27(32)37/h1-11,15,19-20H,12-14H2,(H2,32,37)(H,33,38)/t15-,19+,20+/m0/s1. The monoisotopic (exact) mass is 536 g/mol. The average Bonchev–Trinajstić information content (AvgIpc) is 3.47. The Hall–Kier alpha value is -4.11. The Balaban J connectivity index is 1.38. The molecule has 4 aromatic rings. The van der Waals surface area contributed by atoms with E-state index in [1.807, 2.05) is 0 Å². The fourth-order valence-electron chi connectivity index (χ4n) is 5.06. The first-order valence-corrected chi connectivity index (χ1v) is 12.4. The number of primary amides is 1. The lowest BCUT2D eigenvalue weighted by molar-refractivity contribution is -0.130. The number of hydrogen-bond acceptors (Lipinski definition) is 4. The number of carbonyl (C=O) groups is 3. The van der Waals surface area contributed by atoms with Gasteiger partial charge in [-0.3, -0.25) is 19.1 Å². The summed E-state index contributed by atoms with van der Waals surface area (Å²) < 4.78 is 31.2. The van der Waals surface area contributed by atoms with Crippen molar-refractivity contribution >= 4 is 45.8 Å². The third-order valence-electron chi connectivity index (χ3n) is 6.87. The van der Waals surface area contributed by atoms with Crippen LogP contribution in [0.3, 0.4) is 0 Å². The molecular weight excluding hydrogens is 514 g/mol. The fourth-order valence-corrected chi connectivity index (χ4v) is 5.30. The van der Waals surface area contributed by atoms with Crippen molar-refractivity contribution in [1.29, 1.82) is 0 Å². The van der Waals surface area contributed by atoms with Gasteiger partial charge in [0.15, 0.2) is 17.3 Å². The SMILES string of the molecule is NC(=O)c1nn(CC(=O)[C@@H]2C[C@H](F)C[C@H]2C(=O)Nc2cccc(-c3ccccc3Cl)c2F)c2ccccc12. The topological polar surface area (TPSA) is 107 Å². The predicted octanol–water partition coefficient (Wildman–Crippen LogP) is 5.17. The van der Waals surface area contributed by atoms with Crippen LogP contribution < -0.4 is 11.1 Å². The molecule has 0 bridgehead atoms. The molecule has 0 aliphatic heterocycles. The Morgan fingerprint density at radius 1 is 0.974 bits per heavy atom. The van der Waals surface area contributed by atoms with E-state index in [9.17, 15) is 18.8 Å². The number of fused-ring (bicyclic) bond motifs is 1. The lowest BCUT2D eigenvalue weighted by Crippen LogP contribution is -2.32. The highest BCUT2D eigenvalue weighted by molar-refractivity contribution is 6.33. The molecule has 1 fully saturated rings. The number of anilines is 1. The first kappa shape index (κ1) is 25.5. The summed E-state index contributed by atoms with van der Waals surface area (Å²) in [5, 5.41) is 7.56. The number of nitrogens with one attached hydrogen (secondary N) is 1. The van der Waals surface area contributed by atoms with Crippen molar-refractivity contribution in [3.8, 4) is 11.1 Å². The number of rotatable bonds is 7. The molecule has 7 nitrogen and oxygen atoms in total. The molecule has 1 aliphatic rings. The molecule has 1 saturated carbocycles. The summed E-state index contributed by atoms with van der Waals surface area (Å²) in [5.41, 5.74) is 6.53. The van der Waals surface area contributed by atoms with E-state index in [1.165, 1.54) is 10.7 Å². The molecule has 3 atom stereocenters. The predicted molar refractivity (Wildman–Crippen MR) is 140 cm³/mol. The van der Waals surface area contributed by atoms with Crippen molar-refractivity contribution < 1.29 is 23.2 Å². The van der Waals surface area contributed by atoms with Crippen LogP contribution in [-0.2, 0) is 16.1 Å². The number of nitrogens with two attached hydrogens (primary N) is 1. The molecule has 5 rings (SSSR count). The van der Waals surface area contributed by atoms with Gasteiger partial charge < -0.3 is 11.1 Å². The number of halogens is 3. The van der Waals surface area contributed by atoms with E-state index < -0.39 is 41.4 Å². The molecule has 194 valence electrons. The summed E-state index contributed by atoms with van der Waals surface area (Å²) >= 11 is 6.22. The van der Waals surface area contributed by atoms with Crippen LogP contribution in [0.4, 0.5) is 14.5 Å². The van der Waals surface area contributed by atoms with Gasteiger partial charge in [0.25, 0.3) is 5.91 Å². The second-order valence-corrected chi connectivity index (χ2v) is 9.68. The molecule has 1 aliphatic carbocycles. The minimum absolute atomic E-state index is 0.0198. The number of hydrogen-bond donors (Lipinski definition) is 2. The number of amides is 2. The summed E-state index contributed by atoms with van der Waals surface area (Å²) in [5.74, 6) is -4.44. The van der Waals surface area contributed by atoms with Crippen LogP contribution in [0, 0.1) is 17.7 Å². The Bertz CT molecular complexity index is 1570. The summed E-state index contributed by atoms with van der Waals surface area (Å²) in [6.45, 7) is -0.273. The number of ketones is 1. The zero-order valence-corrected chi connectivity index (χ0v) is 20.8. The van der Waals surface area contributed by atoms with Crippen molar-refractivity contribution in [2.75, 3.05) is 5.32 Å². The van der Waals surface area contributed by atoms with Gasteiger partial charge in [0.05, 0.1) is 17.1 Å². The van der Waals surface area contributed by atoms with Crippen molar-refractivity contribution in [2.24, 2.45) is 17.6 Å². The van der Waals surface area contributed by atoms with E-state index >= 15 is 4.39 Å². The third-order valence-corrected chi connectivity index (χ3v) is 7.20. The van der Waals surface area contributed by atoms with Crippen LogP contribution in [0.25, 0.3) is 22.0 Å². The number of nitrogens with zero attached hydrogens (tertiary/aromatic N) is 2. The smallest absolute Gasteiger partial charge is 0.269 e. The van der Waals surface area contributed by atoms with Gasteiger partial charge in [-0.25, -0.2) is 8.78 Å². The summed E-state index contributed by atoms with van der Waals surface area (Å²) in [6.07, 6.45) is -1.67. The number of carbonyl (C=O) groups excluding carboxylic acids is 3. The molecular formula is C28H23ClF2N4O3. The van der Waals surface area contributed by atoms with Gasteiger partial charge in [0.1, 0.15) is 12.7 Å². The molecule has 3 aromatic carbocycles. The van der Waals surface area contributed by atoms with Crippen LogP contribution in [0.5, 0.6) is 0 Å². The van der Waals surface area contributed by atoms with Crippen molar-refractivity contribution in [3.63, 3.8) is 0 Å². The Kier molecular flexibility index (Phi) is 6.94. The van der Waals surface area contributed by atoms with Crippen molar-refractivity contribution in [2.45, 2.75) is 25.6 Å². The maximum Gasteiger partial charge on any atom is 0.269 e. The quantitative estimate of drug-likeness (QED) is 0.340. The van der Waals surface area contributed by atoms with E-state index in [0.717, 1.165) is 0 Å². The Labute approximate surface area is 221 Å². The Morgan fingerprint density at radius 3 is 2.42 bits per heavy atom. The molecule has 1 heterocycles. The number of Topliss-reactive ketones (excluding diaryl/α,β-unsaturated/α-hetero) is 1. The van der Waals surface area contributed by atoms with Crippen molar-refractivity contribution in [3.05, 3.63) is 83.3 Å². The second kappa shape index (κ2) is 10.3. The normalized spacial score (nSPS) is 19.0. The zero-order valence-electron chi connectivity index (χ0n) is 20.0.